The Balaban J connectivity index is 2.18. The fourth-order valence-corrected chi connectivity index (χ4v) is 3.10. The monoisotopic (exact) mass is 313 g/mol. The number of hydrogen-bond donors (Lipinski definition) is 2. The van der Waals surface area contributed by atoms with E-state index in [4.69, 9.17) is 0 Å². The van der Waals surface area contributed by atoms with Gasteiger partial charge in [0.1, 0.15) is 5.82 Å². The number of pyridine rings is 1. The van der Waals surface area contributed by atoms with E-state index >= 15 is 0 Å². The van der Waals surface area contributed by atoms with Crippen LogP contribution in [-0.2, 0) is 0 Å². The van der Waals surface area contributed by atoms with Crippen LogP contribution in [0.5, 0.6) is 0 Å². The van der Waals surface area contributed by atoms with Gasteiger partial charge in [0.2, 0.25) is 0 Å². The normalized spacial score (nSPS) is 14.1. The highest BCUT2D eigenvalue weighted by Crippen LogP contribution is 2.29. The van der Waals surface area contributed by atoms with Gasteiger partial charge in [-0.3, -0.25) is 4.98 Å². The molecule has 2 N–H and O–H groups in total. The Morgan fingerprint density at radius 2 is 2.13 bits per heavy atom. The van der Waals surface area contributed by atoms with Gasteiger partial charge in [0, 0.05) is 24.3 Å². The first-order valence-electron chi connectivity index (χ1n) is 7.62. The summed E-state index contributed by atoms with van der Waals surface area (Å²) in [7, 11) is 1.78. The molecule has 23 heavy (non-hydrogen) atoms. The molecule has 0 aliphatic carbocycles. The third-order valence-electron chi connectivity index (χ3n) is 4.08. The Bertz CT molecular complexity index is 815. The van der Waals surface area contributed by atoms with Gasteiger partial charge < -0.3 is 15.0 Å². The molecule has 0 unspecified atom stereocenters. The molecule has 0 radical (unpaired) electrons. The van der Waals surface area contributed by atoms with E-state index < -0.39 is 12.1 Å². The minimum atomic E-state index is -0.697. The van der Waals surface area contributed by atoms with Crippen LogP contribution in [0.1, 0.15) is 17.3 Å². The molecule has 0 bridgehead atoms. The van der Waals surface area contributed by atoms with Crippen LogP contribution in [0.2, 0.25) is 0 Å². The van der Waals surface area contributed by atoms with Crippen LogP contribution in [-0.4, -0.2) is 34.4 Å². The van der Waals surface area contributed by atoms with Crippen LogP contribution in [0.3, 0.4) is 0 Å². The lowest BCUT2D eigenvalue weighted by Crippen LogP contribution is -2.33. The molecule has 2 heterocycles. The Morgan fingerprint density at radius 3 is 2.87 bits per heavy atom. The van der Waals surface area contributed by atoms with Crippen molar-refractivity contribution in [3.8, 4) is 0 Å². The Kier molecular flexibility index (Phi) is 4.41. The van der Waals surface area contributed by atoms with E-state index in [1.807, 2.05) is 35.9 Å². The minimum absolute atomic E-state index is 0.310. The van der Waals surface area contributed by atoms with E-state index in [0.717, 1.165) is 22.2 Å². The van der Waals surface area contributed by atoms with Crippen molar-refractivity contribution in [3.63, 3.8) is 0 Å². The lowest BCUT2D eigenvalue weighted by atomic mass is 10.0. The van der Waals surface area contributed by atoms with Gasteiger partial charge in [-0.05, 0) is 43.8 Å². The third-order valence-corrected chi connectivity index (χ3v) is 4.08. The fraction of sp³-hybridized carbons (Fsp3) is 0.278. The number of fused-ring (bicyclic) bond motifs is 1. The molecule has 3 rings (SSSR count). The number of benzene rings is 1. The summed E-state index contributed by atoms with van der Waals surface area (Å²) in [5, 5.41) is 14.7. The first kappa shape index (κ1) is 15.6. The zero-order valence-electron chi connectivity index (χ0n) is 13.2. The zero-order chi connectivity index (χ0) is 16.4. The second-order valence-corrected chi connectivity index (χ2v) is 5.68. The van der Waals surface area contributed by atoms with Crippen molar-refractivity contribution in [1.82, 2.24) is 14.9 Å². The van der Waals surface area contributed by atoms with Crippen molar-refractivity contribution >= 4 is 10.9 Å². The van der Waals surface area contributed by atoms with E-state index in [2.05, 4.69) is 10.3 Å². The highest BCUT2D eigenvalue weighted by atomic mass is 19.1. The molecule has 5 heteroatoms. The first-order chi connectivity index (χ1) is 11.1. The molecular weight excluding hydrogens is 293 g/mol. The molecule has 0 amide bonds. The average molecular weight is 313 g/mol. The molecule has 0 saturated heterocycles. The van der Waals surface area contributed by atoms with Crippen LogP contribution < -0.4 is 5.32 Å². The topological polar surface area (TPSA) is 50.1 Å². The highest BCUT2D eigenvalue weighted by Gasteiger charge is 2.24. The van der Waals surface area contributed by atoms with Crippen molar-refractivity contribution < 1.29 is 9.50 Å². The van der Waals surface area contributed by atoms with Gasteiger partial charge in [-0.1, -0.05) is 12.1 Å². The number of aliphatic hydroxyl groups excluding tert-OH is 1. The molecule has 0 aliphatic rings. The number of aryl methyl sites for hydroxylation is 1. The maximum absolute atomic E-state index is 13.7. The van der Waals surface area contributed by atoms with Crippen LogP contribution in [0.25, 0.3) is 10.9 Å². The second kappa shape index (κ2) is 6.48. The smallest absolute Gasteiger partial charge is 0.123 e. The van der Waals surface area contributed by atoms with Gasteiger partial charge >= 0.3 is 0 Å². The van der Waals surface area contributed by atoms with Crippen molar-refractivity contribution in [2.75, 3.05) is 13.6 Å². The fourth-order valence-electron chi connectivity index (χ4n) is 3.10. The van der Waals surface area contributed by atoms with Crippen LogP contribution in [0.4, 0.5) is 4.39 Å². The average Bonchev–Trinajstić information content (AvgIpc) is 2.93. The van der Waals surface area contributed by atoms with Crippen LogP contribution in [0, 0.1) is 12.7 Å². The Hall–Kier alpha value is -2.24. The number of aromatic nitrogens is 2. The second-order valence-electron chi connectivity index (χ2n) is 5.68. The number of halogens is 1. The largest absolute Gasteiger partial charge is 0.389 e. The minimum Gasteiger partial charge on any atom is -0.389 e. The van der Waals surface area contributed by atoms with E-state index in [9.17, 15) is 9.50 Å². The molecule has 0 aliphatic heterocycles. The van der Waals surface area contributed by atoms with Crippen molar-refractivity contribution in [2.45, 2.75) is 19.1 Å². The van der Waals surface area contributed by atoms with Gasteiger partial charge in [-0.15, -0.1) is 0 Å². The third kappa shape index (κ3) is 2.98. The lowest BCUT2D eigenvalue weighted by molar-refractivity contribution is 0.132. The molecule has 0 fully saturated rings. The molecule has 2 aromatic heterocycles. The van der Waals surface area contributed by atoms with E-state index in [-0.39, 0.29) is 5.82 Å². The molecule has 120 valence electrons. The van der Waals surface area contributed by atoms with E-state index in [1.165, 1.54) is 12.1 Å². The predicted molar refractivity (Wildman–Crippen MR) is 88.9 cm³/mol. The summed E-state index contributed by atoms with van der Waals surface area (Å²) in [4.78, 5) is 4.35. The van der Waals surface area contributed by atoms with Gasteiger partial charge in [0.05, 0.1) is 23.4 Å². The number of nitrogens with zero attached hydrogens (tertiary/aromatic N) is 2. The summed E-state index contributed by atoms with van der Waals surface area (Å²) < 4.78 is 15.7. The van der Waals surface area contributed by atoms with Crippen LogP contribution in [0.15, 0.2) is 48.8 Å². The number of aliphatic hydroxyl groups is 1. The van der Waals surface area contributed by atoms with Crippen LogP contribution >= 0.6 is 0 Å². The number of rotatable bonds is 5. The highest BCUT2D eigenvalue weighted by molar-refractivity contribution is 5.82. The SMILES string of the molecule is CNC[C@@H](O)[C@H](c1cccc(F)c1)n1ccc2ccnc(C)c21. The Morgan fingerprint density at radius 1 is 1.30 bits per heavy atom. The zero-order valence-corrected chi connectivity index (χ0v) is 13.2. The molecule has 4 nitrogen and oxygen atoms in total. The number of nitrogens with one attached hydrogen (secondary N) is 1. The summed E-state index contributed by atoms with van der Waals surface area (Å²) >= 11 is 0. The summed E-state index contributed by atoms with van der Waals surface area (Å²) in [5.74, 6) is -0.310. The van der Waals surface area contributed by atoms with Gasteiger partial charge in [-0.2, -0.15) is 0 Å². The summed E-state index contributed by atoms with van der Waals surface area (Å²) in [5.41, 5.74) is 2.57. The van der Waals surface area contributed by atoms with Crippen molar-refractivity contribution in [1.29, 1.82) is 0 Å². The molecule has 0 saturated carbocycles. The van der Waals surface area contributed by atoms with Gasteiger partial charge in [-0.25, -0.2) is 4.39 Å². The molecule has 0 spiro atoms. The van der Waals surface area contributed by atoms with Crippen molar-refractivity contribution in [2.24, 2.45) is 0 Å². The number of likely N-dealkylation sites (N-methyl/N-ethyl adjacent to an activating group) is 1. The molecule has 3 aromatic rings. The maximum Gasteiger partial charge on any atom is 0.123 e. The molecular formula is C18H20FN3O. The summed E-state index contributed by atoms with van der Waals surface area (Å²) in [6, 6.07) is 9.92. The van der Waals surface area contributed by atoms with E-state index in [1.54, 1.807) is 19.3 Å². The van der Waals surface area contributed by atoms with Crippen molar-refractivity contribution in [3.05, 3.63) is 65.9 Å². The van der Waals surface area contributed by atoms with Gasteiger partial charge in [0.15, 0.2) is 0 Å². The predicted octanol–water partition coefficient (Wildman–Crippen LogP) is 2.65. The number of hydrogen-bond acceptors (Lipinski definition) is 3. The molecule has 1 aromatic carbocycles. The Labute approximate surface area is 134 Å². The summed E-state index contributed by atoms with van der Waals surface area (Å²) in [6.07, 6.45) is 2.99. The standard InChI is InChI=1S/C18H20FN3O/c1-12-17-13(6-8-21-12)7-9-22(17)18(16(23)11-20-2)14-4-3-5-15(19)10-14/h3-10,16,18,20,23H,11H2,1-2H3/t16-,18+/m1/s1. The maximum atomic E-state index is 13.7. The first-order valence-corrected chi connectivity index (χ1v) is 7.62. The summed E-state index contributed by atoms with van der Waals surface area (Å²) in [6.45, 7) is 2.34. The quantitative estimate of drug-likeness (QED) is 0.761. The lowest BCUT2D eigenvalue weighted by Gasteiger charge is -2.26. The molecule has 2 atom stereocenters. The van der Waals surface area contributed by atoms with E-state index in [0.29, 0.717) is 6.54 Å². The van der Waals surface area contributed by atoms with Gasteiger partial charge in [0.25, 0.3) is 0 Å².